The third-order valence-electron chi connectivity index (χ3n) is 5.28. The third-order valence-corrected chi connectivity index (χ3v) is 10.5. The molecule has 0 amide bonds. The summed E-state index contributed by atoms with van der Waals surface area (Å²) in [5, 5.41) is 5.97. The largest absolute Gasteiger partial charge is 2.00 e. The third kappa shape index (κ3) is 8.83. The first-order chi connectivity index (χ1) is 14.9. The SMILES string of the molecule is [Cl-].[Cl-].[Ni+2].c1ccc(P(CCCCP(c2ccccc2)c2ccccc2)c2ccccc2)cc1. The Morgan fingerprint density at radius 3 is 0.788 bits per heavy atom. The van der Waals surface area contributed by atoms with Crippen LogP contribution in [0.4, 0.5) is 0 Å². The summed E-state index contributed by atoms with van der Waals surface area (Å²) in [6, 6.07) is 44.3. The molecule has 0 nitrogen and oxygen atoms in total. The van der Waals surface area contributed by atoms with Gasteiger partial charge < -0.3 is 24.8 Å². The van der Waals surface area contributed by atoms with Gasteiger partial charge in [-0.15, -0.1) is 0 Å². The minimum atomic E-state index is -0.283. The van der Waals surface area contributed by atoms with Crippen LogP contribution in [0.5, 0.6) is 0 Å². The molecule has 0 N–H and O–H groups in total. The van der Waals surface area contributed by atoms with Crippen molar-refractivity contribution in [2.75, 3.05) is 12.3 Å². The Morgan fingerprint density at radius 1 is 0.364 bits per heavy atom. The predicted octanol–water partition coefficient (Wildman–Crippen LogP) is 0.0379. The van der Waals surface area contributed by atoms with E-state index in [1.54, 1.807) is 0 Å². The van der Waals surface area contributed by atoms with E-state index in [1.165, 1.54) is 46.4 Å². The Bertz CT molecular complexity index is 839. The summed E-state index contributed by atoms with van der Waals surface area (Å²) >= 11 is 0. The Balaban J connectivity index is 0.00000181. The topological polar surface area (TPSA) is 0 Å². The minimum Gasteiger partial charge on any atom is -1.00 e. The van der Waals surface area contributed by atoms with Crippen molar-refractivity contribution in [2.45, 2.75) is 12.8 Å². The van der Waals surface area contributed by atoms with Gasteiger partial charge in [-0.25, -0.2) is 0 Å². The van der Waals surface area contributed by atoms with Crippen LogP contribution in [-0.4, -0.2) is 12.3 Å². The molecule has 0 aliphatic rings. The van der Waals surface area contributed by atoms with E-state index >= 15 is 0 Å². The second kappa shape index (κ2) is 16.4. The molecule has 0 fully saturated rings. The molecule has 0 radical (unpaired) electrons. The molecule has 0 unspecified atom stereocenters. The van der Waals surface area contributed by atoms with E-state index in [0.29, 0.717) is 0 Å². The van der Waals surface area contributed by atoms with E-state index in [1.807, 2.05) is 0 Å². The Labute approximate surface area is 223 Å². The van der Waals surface area contributed by atoms with E-state index in [2.05, 4.69) is 121 Å². The number of hydrogen-bond acceptors (Lipinski definition) is 0. The van der Waals surface area contributed by atoms with Crippen molar-refractivity contribution >= 4 is 37.1 Å². The zero-order valence-electron chi connectivity index (χ0n) is 18.3. The zero-order valence-corrected chi connectivity index (χ0v) is 22.6. The van der Waals surface area contributed by atoms with Crippen LogP contribution in [0.2, 0.25) is 0 Å². The van der Waals surface area contributed by atoms with E-state index in [-0.39, 0.29) is 57.1 Å². The molecule has 0 saturated heterocycles. The van der Waals surface area contributed by atoms with Gasteiger partial charge in [-0.3, -0.25) is 0 Å². The molecule has 4 aromatic rings. The molecule has 0 saturated carbocycles. The number of hydrogen-bond donors (Lipinski definition) is 0. The molecule has 33 heavy (non-hydrogen) atoms. The normalized spacial score (nSPS) is 10.1. The number of rotatable bonds is 9. The van der Waals surface area contributed by atoms with E-state index in [0.717, 1.165) is 0 Å². The smallest absolute Gasteiger partial charge is 1.00 e. The minimum absolute atomic E-state index is 0. The van der Waals surface area contributed by atoms with Crippen LogP contribution in [0.25, 0.3) is 0 Å². The van der Waals surface area contributed by atoms with E-state index in [4.69, 9.17) is 0 Å². The van der Waals surface area contributed by atoms with Crippen LogP contribution < -0.4 is 46.0 Å². The molecular weight excluding hydrogens is 528 g/mol. The van der Waals surface area contributed by atoms with Gasteiger partial charge in [-0.1, -0.05) is 121 Å². The summed E-state index contributed by atoms with van der Waals surface area (Å²) in [7, 11) is -0.566. The average molecular weight is 556 g/mol. The van der Waals surface area contributed by atoms with E-state index in [9.17, 15) is 0 Å². The van der Waals surface area contributed by atoms with Crippen molar-refractivity contribution in [3.05, 3.63) is 121 Å². The molecule has 0 aromatic heterocycles. The number of unbranched alkanes of at least 4 members (excludes halogenated alkanes) is 1. The van der Waals surface area contributed by atoms with Gasteiger partial charge in [-0.05, 0) is 62.2 Å². The maximum absolute atomic E-state index is 2.31. The summed E-state index contributed by atoms with van der Waals surface area (Å²) in [6.07, 6.45) is 5.06. The van der Waals surface area contributed by atoms with Gasteiger partial charge in [0.2, 0.25) is 0 Å². The molecule has 0 bridgehead atoms. The molecule has 0 spiro atoms. The fourth-order valence-electron chi connectivity index (χ4n) is 3.79. The fraction of sp³-hybridized carbons (Fsp3) is 0.143. The van der Waals surface area contributed by atoms with Crippen molar-refractivity contribution in [1.82, 2.24) is 0 Å². The van der Waals surface area contributed by atoms with Crippen LogP contribution in [0.1, 0.15) is 12.8 Å². The monoisotopic (exact) mass is 554 g/mol. The predicted molar refractivity (Wildman–Crippen MR) is 137 cm³/mol. The Hall–Kier alpha value is -1.19. The first-order valence-electron chi connectivity index (χ1n) is 10.7. The van der Waals surface area contributed by atoms with Crippen molar-refractivity contribution in [3.63, 3.8) is 0 Å². The second-order valence-corrected chi connectivity index (χ2v) is 12.0. The molecule has 0 atom stereocenters. The van der Waals surface area contributed by atoms with Gasteiger partial charge in [0, 0.05) is 0 Å². The molecule has 174 valence electrons. The molecular formula is C28H28Cl2NiP2. The summed E-state index contributed by atoms with van der Waals surface area (Å²) < 4.78 is 0. The Kier molecular flexibility index (Phi) is 14.9. The van der Waals surface area contributed by atoms with Crippen molar-refractivity contribution in [2.24, 2.45) is 0 Å². The first kappa shape index (κ1) is 29.8. The van der Waals surface area contributed by atoms with Crippen LogP contribution in [-0.2, 0) is 16.5 Å². The zero-order chi connectivity index (χ0) is 20.4. The van der Waals surface area contributed by atoms with Crippen LogP contribution in [0.15, 0.2) is 121 Å². The van der Waals surface area contributed by atoms with Crippen molar-refractivity contribution in [3.8, 4) is 0 Å². The molecule has 5 heteroatoms. The van der Waals surface area contributed by atoms with Crippen molar-refractivity contribution in [1.29, 1.82) is 0 Å². The second-order valence-electron chi connectivity index (χ2n) is 7.35. The maximum atomic E-state index is 2.31. The molecule has 0 aliphatic heterocycles. The summed E-state index contributed by atoms with van der Waals surface area (Å²) in [5.41, 5.74) is 0. The van der Waals surface area contributed by atoms with Gasteiger partial charge in [0.1, 0.15) is 0 Å². The quantitative estimate of drug-likeness (QED) is 0.155. The number of benzene rings is 4. The molecule has 4 rings (SSSR count). The van der Waals surface area contributed by atoms with Gasteiger partial charge in [0.25, 0.3) is 0 Å². The fourth-order valence-corrected chi connectivity index (χ4v) is 8.62. The van der Waals surface area contributed by atoms with Crippen LogP contribution in [0, 0.1) is 0 Å². The Morgan fingerprint density at radius 2 is 0.576 bits per heavy atom. The van der Waals surface area contributed by atoms with Crippen LogP contribution >= 0.6 is 15.8 Å². The van der Waals surface area contributed by atoms with Crippen molar-refractivity contribution < 1.29 is 41.3 Å². The molecule has 0 heterocycles. The van der Waals surface area contributed by atoms with Crippen LogP contribution in [0.3, 0.4) is 0 Å². The van der Waals surface area contributed by atoms with Gasteiger partial charge >= 0.3 is 16.5 Å². The van der Waals surface area contributed by atoms with Gasteiger partial charge in [-0.2, -0.15) is 0 Å². The first-order valence-corrected chi connectivity index (χ1v) is 13.7. The summed E-state index contributed by atoms with van der Waals surface area (Å²) in [5.74, 6) is 0. The number of halogens is 2. The molecule has 0 aliphatic carbocycles. The maximum Gasteiger partial charge on any atom is 2.00 e. The summed E-state index contributed by atoms with van der Waals surface area (Å²) in [6.45, 7) is 0. The van der Waals surface area contributed by atoms with Gasteiger partial charge in [0.15, 0.2) is 0 Å². The van der Waals surface area contributed by atoms with Gasteiger partial charge in [0.05, 0.1) is 0 Å². The van der Waals surface area contributed by atoms with E-state index < -0.39 is 0 Å². The summed E-state index contributed by atoms with van der Waals surface area (Å²) in [4.78, 5) is 0. The molecule has 4 aromatic carbocycles. The standard InChI is InChI=1S/C28H28P2.2ClH.Ni/c1-5-15-25(16-6-1)29(26-17-7-2-8-18-26)23-13-14-24-30(27-19-9-3-10-20-27)28-21-11-4-12-22-28;;;/h1-12,15-22H,13-14,23-24H2;2*1H;/q;;;+2/p-2. The average Bonchev–Trinajstić information content (AvgIpc) is 2.84.